The molecule has 0 saturated carbocycles. The van der Waals surface area contributed by atoms with Gasteiger partial charge < -0.3 is 14.0 Å². The molecule has 0 N–H and O–H groups in total. The summed E-state index contributed by atoms with van der Waals surface area (Å²) in [7, 11) is 0. The van der Waals surface area contributed by atoms with Crippen molar-refractivity contribution in [3.63, 3.8) is 0 Å². The summed E-state index contributed by atoms with van der Waals surface area (Å²) in [6, 6.07) is 53.1. The van der Waals surface area contributed by atoms with E-state index in [1.165, 1.54) is 12.1 Å². The van der Waals surface area contributed by atoms with Gasteiger partial charge in [-0.3, -0.25) is 0 Å². The van der Waals surface area contributed by atoms with Crippen LogP contribution in [0.5, 0.6) is 0 Å². The van der Waals surface area contributed by atoms with Crippen LogP contribution in [-0.2, 0) is 0 Å². The predicted octanol–water partition coefficient (Wildman–Crippen LogP) is 11.6. The lowest BCUT2D eigenvalue weighted by Gasteiger charge is -2.28. The highest BCUT2D eigenvalue weighted by atomic mass is 19.1. The SMILES string of the molecule is Fc1ccc2c3cccc(N(c4ccccc4)c4cccc5c6ccc(F)cc6n(-c6ccccc6)c45)c3n(-c3ccccc3)c2c1. The highest BCUT2D eigenvalue weighted by Crippen LogP contribution is 2.47. The molecule has 224 valence electrons. The van der Waals surface area contributed by atoms with Crippen molar-refractivity contribution in [2.24, 2.45) is 0 Å². The smallest absolute Gasteiger partial charge is 0.125 e. The van der Waals surface area contributed by atoms with Gasteiger partial charge in [0.2, 0.25) is 0 Å². The molecule has 3 nitrogen and oxygen atoms in total. The standard InChI is InChI=1S/C42H27F2N3/c43-28-22-24-33-35-18-10-20-37(41(35)46(39(33)26-28)31-14-6-2-7-15-31)45(30-12-4-1-5-13-30)38-21-11-19-36-34-25-23-29(44)27-40(34)47(42(36)38)32-16-8-3-9-17-32/h1-27H. The van der Waals surface area contributed by atoms with Gasteiger partial charge in [-0.2, -0.15) is 0 Å². The Kier molecular flexibility index (Phi) is 6.18. The van der Waals surface area contributed by atoms with Gasteiger partial charge in [0.05, 0.1) is 33.4 Å². The number of anilines is 3. The summed E-state index contributed by atoms with van der Waals surface area (Å²) in [4.78, 5) is 2.27. The molecular weight excluding hydrogens is 584 g/mol. The van der Waals surface area contributed by atoms with Crippen molar-refractivity contribution in [2.75, 3.05) is 4.90 Å². The maximum absolute atomic E-state index is 14.9. The van der Waals surface area contributed by atoms with Crippen LogP contribution in [0, 0.1) is 11.6 Å². The number of fused-ring (bicyclic) bond motifs is 6. The fourth-order valence-electron chi connectivity index (χ4n) is 7.08. The molecule has 0 fully saturated rings. The van der Waals surface area contributed by atoms with E-state index in [-0.39, 0.29) is 11.6 Å². The molecule has 7 aromatic carbocycles. The van der Waals surface area contributed by atoms with Crippen molar-refractivity contribution in [1.82, 2.24) is 9.13 Å². The van der Waals surface area contributed by atoms with Crippen LogP contribution in [0.15, 0.2) is 164 Å². The number of hydrogen-bond donors (Lipinski definition) is 0. The Morgan fingerprint density at radius 3 is 1.26 bits per heavy atom. The molecular formula is C42H27F2N3. The van der Waals surface area contributed by atoms with E-state index in [9.17, 15) is 8.78 Å². The Morgan fingerprint density at radius 1 is 0.383 bits per heavy atom. The zero-order valence-electron chi connectivity index (χ0n) is 25.2. The molecule has 0 aliphatic rings. The normalized spacial score (nSPS) is 11.6. The lowest BCUT2D eigenvalue weighted by Crippen LogP contribution is -2.13. The quantitative estimate of drug-likeness (QED) is 0.189. The van der Waals surface area contributed by atoms with E-state index < -0.39 is 0 Å². The van der Waals surface area contributed by atoms with Crippen LogP contribution in [0.3, 0.4) is 0 Å². The van der Waals surface area contributed by atoms with E-state index in [4.69, 9.17) is 0 Å². The number of para-hydroxylation sites is 5. The van der Waals surface area contributed by atoms with Gasteiger partial charge in [-0.25, -0.2) is 8.78 Å². The van der Waals surface area contributed by atoms with Gasteiger partial charge in [0, 0.05) is 38.6 Å². The van der Waals surface area contributed by atoms with Gasteiger partial charge in [0.15, 0.2) is 0 Å². The Balaban J connectivity index is 1.46. The Hall–Kier alpha value is -6.20. The second-order valence-electron chi connectivity index (χ2n) is 11.7. The summed E-state index contributed by atoms with van der Waals surface area (Å²) in [5.74, 6) is -0.577. The topological polar surface area (TPSA) is 13.1 Å². The summed E-state index contributed by atoms with van der Waals surface area (Å²) in [5, 5.41) is 3.96. The maximum Gasteiger partial charge on any atom is 0.125 e. The fourth-order valence-corrected chi connectivity index (χ4v) is 7.08. The number of hydrogen-bond acceptors (Lipinski definition) is 1. The van der Waals surface area contributed by atoms with Crippen LogP contribution in [0.4, 0.5) is 25.8 Å². The van der Waals surface area contributed by atoms with Crippen molar-refractivity contribution in [2.45, 2.75) is 0 Å². The lowest BCUT2D eigenvalue weighted by atomic mass is 10.1. The third kappa shape index (κ3) is 4.24. The summed E-state index contributed by atoms with van der Waals surface area (Å²) in [6.45, 7) is 0. The van der Waals surface area contributed by atoms with Crippen molar-refractivity contribution in [3.05, 3.63) is 175 Å². The Bertz CT molecular complexity index is 2420. The van der Waals surface area contributed by atoms with Crippen LogP contribution in [0.2, 0.25) is 0 Å². The molecule has 0 atom stereocenters. The predicted molar refractivity (Wildman–Crippen MR) is 190 cm³/mol. The van der Waals surface area contributed by atoms with Crippen molar-refractivity contribution < 1.29 is 8.78 Å². The monoisotopic (exact) mass is 611 g/mol. The Labute approximate surface area is 269 Å². The van der Waals surface area contributed by atoms with Gasteiger partial charge >= 0.3 is 0 Å². The van der Waals surface area contributed by atoms with Gasteiger partial charge in [-0.1, -0.05) is 78.9 Å². The number of nitrogens with zero attached hydrogens (tertiary/aromatic N) is 3. The molecule has 0 radical (unpaired) electrons. The first-order valence-corrected chi connectivity index (χ1v) is 15.6. The molecule has 0 unspecified atom stereocenters. The third-order valence-electron chi connectivity index (χ3n) is 8.98. The molecule has 0 amide bonds. The molecule has 0 aliphatic heterocycles. The maximum atomic E-state index is 14.9. The summed E-state index contributed by atoms with van der Waals surface area (Å²) >= 11 is 0. The summed E-state index contributed by atoms with van der Waals surface area (Å²) in [5.41, 5.74) is 8.17. The molecule has 2 heterocycles. The summed E-state index contributed by atoms with van der Waals surface area (Å²) < 4.78 is 34.1. The van der Waals surface area contributed by atoms with Crippen LogP contribution in [0.25, 0.3) is 55.0 Å². The fraction of sp³-hybridized carbons (Fsp3) is 0. The molecule has 47 heavy (non-hydrogen) atoms. The Morgan fingerprint density at radius 2 is 0.809 bits per heavy atom. The minimum absolute atomic E-state index is 0.289. The van der Waals surface area contributed by atoms with Crippen molar-refractivity contribution in [1.29, 1.82) is 0 Å². The molecule has 9 rings (SSSR count). The van der Waals surface area contributed by atoms with Gasteiger partial charge in [0.25, 0.3) is 0 Å². The zero-order valence-corrected chi connectivity index (χ0v) is 25.2. The highest BCUT2D eigenvalue weighted by molar-refractivity contribution is 6.18. The van der Waals surface area contributed by atoms with Crippen molar-refractivity contribution in [3.8, 4) is 11.4 Å². The molecule has 0 spiro atoms. The van der Waals surface area contributed by atoms with Crippen molar-refractivity contribution >= 4 is 60.7 Å². The molecule has 2 aromatic heterocycles. The van der Waals surface area contributed by atoms with E-state index in [0.717, 1.165) is 72.0 Å². The molecule has 0 aliphatic carbocycles. The van der Waals surface area contributed by atoms with Crippen LogP contribution in [-0.4, -0.2) is 9.13 Å². The van der Waals surface area contributed by atoms with Gasteiger partial charge in [-0.15, -0.1) is 0 Å². The van der Waals surface area contributed by atoms with Gasteiger partial charge in [0.1, 0.15) is 11.6 Å². The minimum Gasteiger partial charge on any atom is -0.307 e. The van der Waals surface area contributed by atoms with E-state index in [1.807, 2.05) is 66.7 Å². The first-order chi connectivity index (χ1) is 23.2. The van der Waals surface area contributed by atoms with Crippen LogP contribution < -0.4 is 4.90 Å². The third-order valence-corrected chi connectivity index (χ3v) is 8.98. The largest absolute Gasteiger partial charge is 0.307 e. The van der Waals surface area contributed by atoms with Crippen LogP contribution >= 0.6 is 0 Å². The van der Waals surface area contributed by atoms with E-state index in [0.29, 0.717) is 0 Å². The first-order valence-electron chi connectivity index (χ1n) is 15.6. The average Bonchev–Trinajstić information content (AvgIpc) is 3.62. The molecule has 9 aromatic rings. The lowest BCUT2D eigenvalue weighted by molar-refractivity contribution is 0.629. The zero-order chi connectivity index (χ0) is 31.5. The van der Waals surface area contributed by atoms with Gasteiger partial charge in [-0.05, 0) is 84.9 Å². The number of rotatable bonds is 5. The second kappa shape index (κ2) is 10.7. The van der Waals surface area contributed by atoms with E-state index in [2.05, 4.69) is 86.8 Å². The van der Waals surface area contributed by atoms with E-state index >= 15 is 0 Å². The molecule has 0 saturated heterocycles. The van der Waals surface area contributed by atoms with E-state index in [1.54, 1.807) is 12.1 Å². The average molecular weight is 612 g/mol. The first kappa shape index (κ1) is 27.1. The summed E-state index contributed by atoms with van der Waals surface area (Å²) in [6.07, 6.45) is 0. The number of aromatic nitrogens is 2. The van der Waals surface area contributed by atoms with Crippen LogP contribution in [0.1, 0.15) is 0 Å². The minimum atomic E-state index is -0.289. The number of benzene rings is 7. The number of halogens is 2. The second-order valence-corrected chi connectivity index (χ2v) is 11.7. The molecule has 5 heteroatoms. The molecule has 0 bridgehead atoms. The highest BCUT2D eigenvalue weighted by Gasteiger charge is 2.25.